The third kappa shape index (κ3) is 2.82. The standard InChI is InChI=1S/C13H15F3N4/c1-3-18-11(12-19-6-7-20(12)2)9-8-17-5-4-10(9)13(14,15)16/h4-8,11,18H,3H2,1-2H3. The van der Waals surface area contributed by atoms with Crippen LogP contribution in [0.4, 0.5) is 13.2 Å². The van der Waals surface area contributed by atoms with Crippen LogP contribution in [0.1, 0.15) is 29.9 Å². The Labute approximate surface area is 114 Å². The zero-order valence-corrected chi connectivity index (χ0v) is 11.1. The number of nitrogens with zero attached hydrogens (tertiary/aromatic N) is 3. The van der Waals surface area contributed by atoms with Gasteiger partial charge in [-0.1, -0.05) is 6.92 Å². The summed E-state index contributed by atoms with van der Waals surface area (Å²) in [6, 6.07) is 0.341. The molecule has 108 valence electrons. The maximum absolute atomic E-state index is 13.1. The second-order valence-corrected chi connectivity index (χ2v) is 4.35. The molecule has 0 aliphatic heterocycles. The van der Waals surface area contributed by atoms with Crippen molar-refractivity contribution in [3.8, 4) is 0 Å². The normalized spacial score (nSPS) is 13.4. The maximum atomic E-state index is 13.1. The van der Waals surface area contributed by atoms with Crippen molar-refractivity contribution in [2.75, 3.05) is 6.54 Å². The third-order valence-electron chi connectivity index (χ3n) is 2.99. The molecule has 0 saturated carbocycles. The first kappa shape index (κ1) is 14.5. The highest BCUT2D eigenvalue weighted by molar-refractivity contribution is 5.33. The van der Waals surface area contributed by atoms with Gasteiger partial charge in [0.1, 0.15) is 5.82 Å². The van der Waals surface area contributed by atoms with Crippen molar-refractivity contribution in [2.24, 2.45) is 7.05 Å². The van der Waals surface area contributed by atoms with Crippen molar-refractivity contribution in [2.45, 2.75) is 19.1 Å². The Bertz CT molecular complexity index is 577. The predicted octanol–water partition coefficient (Wildman–Crippen LogP) is 2.53. The van der Waals surface area contributed by atoms with Gasteiger partial charge < -0.3 is 9.88 Å². The molecular weight excluding hydrogens is 269 g/mol. The molecule has 2 aromatic heterocycles. The lowest BCUT2D eigenvalue weighted by Gasteiger charge is -2.21. The molecule has 2 aromatic rings. The van der Waals surface area contributed by atoms with E-state index < -0.39 is 17.8 Å². The third-order valence-corrected chi connectivity index (χ3v) is 2.99. The molecule has 0 amide bonds. The van der Waals surface area contributed by atoms with E-state index in [1.807, 2.05) is 6.92 Å². The molecular formula is C13H15F3N4. The lowest BCUT2D eigenvalue weighted by molar-refractivity contribution is -0.138. The minimum absolute atomic E-state index is 0.0798. The summed E-state index contributed by atoms with van der Waals surface area (Å²) in [5.74, 6) is 0.519. The van der Waals surface area contributed by atoms with Crippen LogP contribution in [0.25, 0.3) is 0 Å². The van der Waals surface area contributed by atoms with E-state index in [4.69, 9.17) is 0 Å². The highest BCUT2D eigenvalue weighted by Crippen LogP contribution is 2.35. The van der Waals surface area contributed by atoms with Crippen molar-refractivity contribution in [3.05, 3.63) is 47.8 Å². The quantitative estimate of drug-likeness (QED) is 0.938. The predicted molar refractivity (Wildman–Crippen MR) is 68.0 cm³/mol. The highest BCUT2D eigenvalue weighted by atomic mass is 19.4. The van der Waals surface area contributed by atoms with Crippen molar-refractivity contribution in [3.63, 3.8) is 0 Å². The number of aromatic nitrogens is 3. The number of alkyl halides is 3. The fourth-order valence-electron chi connectivity index (χ4n) is 2.09. The van der Waals surface area contributed by atoms with Gasteiger partial charge in [0.15, 0.2) is 0 Å². The molecule has 1 N–H and O–H groups in total. The summed E-state index contributed by atoms with van der Waals surface area (Å²) in [7, 11) is 1.75. The molecule has 0 bridgehead atoms. The summed E-state index contributed by atoms with van der Waals surface area (Å²) >= 11 is 0. The molecule has 0 saturated heterocycles. The summed E-state index contributed by atoms with van der Waals surface area (Å²) in [6.07, 6.45) is 1.22. The summed E-state index contributed by atoms with van der Waals surface area (Å²) in [5, 5.41) is 3.03. The first-order chi connectivity index (χ1) is 9.45. The molecule has 7 heteroatoms. The Balaban J connectivity index is 2.54. The zero-order chi connectivity index (χ0) is 14.8. The van der Waals surface area contributed by atoms with Crippen LogP contribution in [-0.2, 0) is 13.2 Å². The monoisotopic (exact) mass is 284 g/mol. The minimum Gasteiger partial charge on any atom is -0.336 e. The van der Waals surface area contributed by atoms with E-state index in [9.17, 15) is 13.2 Å². The van der Waals surface area contributed by atoms with Gasteiger partial charge in [0.05, 0.1) is 11.6 Å². The minimum atomic E-state index is -4.42. The fourth-order valence-corrected chi connectivity index (χ4v) is 2.09. The molecule has 4 nitrogen and oxygen atoms in total. The van der Waals surface area contributed by atoms with Gasteiger partial charge in [0, 0.05) is 37.4 Å². The van der Waals surface area contributed by atoms with Crippen molar-refractivity contribution in [1.82, 2.24) is 19.9 Å². The topological polar surface area (TPSA) is 42.7 Å². The summed E-state index contributed by atoms with van der Waals surface area (Å²) in [6.45, 7) is 2.35. The second-order valence-electron chi connectivity index (χ2n) is 4.35. The molecule has 1 atom stereocenters. The van der Waals surface area contributed by atoms with E-state index in [1.54, 1.807) is 24.0 Å². The van der Waals surface area contributed by atoms with Crippen LogP contribution in [0.3, 0.4) is 0 Å². The molecule has 0 spiro atoms. The number of halogens is 3. The Morgan fingerprint density at radius 1 is 1.35 bits per heavy atom. The number of imidazole rings is 1. The molecule has 1 unspecified atom stereocenters. The number of hydrogen-bond acceptors (Lipinski definition) is 3. The smallest absolute Gasteiger partial charge is 0.336 e. The van der Waals surface area contributed by atoms with Crippen LogP contribution in [0, 0.1) is 0 Å². The summed E-state index contributed by atoms with van der Waals surface area (Å²) in [5.41, 5.74) is -0.613. The molecule has 0 aliphatic carbocycles. The fraction of sp³-hybridized carbons (Fsp3) is 0.385. The van der Waals surface area contributed by atoms with Crippen LogP contribution in [-0.4, -0.2) is 21.1 Å². The number of rotatable bonds is 4. The SMILES string of the molecule is CCNC(c1cnccc1C(F)(F)F)c1nccn1C. The van der Waals surface area contributed by atoms with Gasteiger partial charge in [0.25, 0.3) is 0 Å². The summed E-state index contributed by atoms with van der Waals surface area (Å²) < 4.78 is 41.0. The van der Waals surface area contributed by atoms with Gasteiger partial charge in [0.2, 0.25) is 0 Å². The number of aryl methyl sites for hydroxylation is 1. The first-order valence-electron chi connectivity index (χ1n) is 6.16. The van der Waals surface area contributed by atoms with E-state index in [0.29, 0.717) is 12.4 Å². The van der Waals surface area contributed by atoms with Gasteiger partial charge in [-0.15, -0.1) is 0 Å². The molecule has 2 rings (SSSR count). The van der Waals surface area contributed by atoms with Crippen LogP contribution in [0.15, 0.2) is 30.9 Å². The second kappa shape index (κ2) is 5.62. The van der Waals surface area contributed by atoms with Crippen LogP contribution in [0.5, 0.6) is 0 Å². The zero-order valence-electron chi connectivity index (χ0n) is 11.1. The Morgan fingerprint density at radius 2 is 2.10 bits per heavy atom. The van der Waals surface area contributed by atoms with Gasteiger partial charge in [-0.3, -0.25) is 4.98 Å². The van der Waals surface area contributed by atoms with Crippen LogP contribution >= 0.6 is 0 Å². The van der Waals surface area contributed by atoms with Gasteiger partial charge in [-0.2, -0.15) is 13.2 Å². The summed E-state index contributed by atoms with van der Waals surface area (Å²) in [4.78, 5) is 7.96. The number of pyridine rings is 1. The molecule has 0 fully saturated rings. The Kier molecular flexibility index (Phi) is 4.08. The first-order valence-corrected chi connectivity index (χ1v) is 6.16. The lowest BCUT2D eigenvalue weighted by Crippen LogP contribution is -2.27. The van der Waals surface area contributed by atoms with Crippen LogP contribution < -0.4 is 5.32 Å². The molecule has 0 radical (unpaired) electrons. The van der Waals surface area contributed by atoms with E-state index in [-0.39, 0.29) is 5.56 Å². The van der Waals surface area contributed by atoms with Crippen molar-refractivity contribution in [1.29, 1.82) is 0 Å². The Morgan fingerprint density at radius 3 is 2.65 bits per heavy atom. The molecule has 20 heavy (non-hydrogen) atoms. The molecule has 0 aliphatic rings. The average molecular weight is 284 g/mol. The highest BCUT2D eigenvalue weighted by Gasteiger charge is 2.36. The number of nitrogens with one attached hydrogen (secondary N) is 1. The van der Waals surface area contributed by atoms with Gasteiger partial charge >= 0.3 is 6.18 Å². The van der Waals surface area contributed by atoms with E-state index >= 15 is 0 Å². The Hall–Kier alpha value is -1.89. The molecule has 0 aromatic carbocycles. The van der Waals surface area contributed by atoms with E-state index in [2.05, 4.69) is 15.3 Å². The lowest BCUT2D eigenvalue weighted by atomic mass is 10.0. The maximum Gasteiger partial charge on any atom is 0.416 e. The van der Waals surface area contributed by atoms with E-state index in [1.165, 1.54) is 6.20 Å². The van der Waals surface area contributed by atoms with Gasteiger partial charge in [-0.25, -0.2) is 4.98 Å². The largest absolute Gasteiger partial charge is 0.416 e. The van der Waals surface area contributed by atoms with Gasteiger partial charge in [-0.05, 0) is 12.6 Å². The number of hydrogen-bond donors (Lipinski definition) is 1. The van der Waals surface area contributed by atoms with E-state index in [0.717, 1.165) is 12.3 Å². The van der Waals surface area contributed by atoms with Crippen molar-refractivity contribution >= 4 is 0 Å². The van der Waals surface area contributed by atoms with Crippen molar-refractivity contribution < 1.29 is 13.2 Å². The average Bonchev–Trinajstić information content (AvgIpc) is 2.81. The molecule has 2 heterocycles. The van der Waals surface area contributed by atoms with Crippen LogP contribution in [0.2, 0.25) is 0 Å².